The van der Waals surface area contributed by atoms with E-state index in [4.69, 9.17) is 14.4 Å². The van der Waals surface area contributed by atoms with Crippen molar-refractivity contribution in [1.82, 2.24) is 0 Å². The van der Waals surface area contributed by atoms with Crippen LogP contribution in [0.25, 0.3) is 0 Å². The van der Waals surface area contributed by atoms with E-state index in [9.17, 15) is 31.1 Å². The van der Waals surface area contributed by atoms with Crippen LogP contribution < -0.4 is 0 Å². The second-order valence-corrected chi connectivity index (χ2v) is 1.89. The fraction of sp³-hybridized carbons (Fsp3) is 0.286. The first-order chi connectivity index (χ1) is 7.55. The molecule has 0 bridgehead atoms. The third kappa shape index (κ3) is 13.0. The van der Waals surface area contributed by atoms with Gasteiger partial charge in [0.15, 0.2) is 0 Å². The summed E-state index contributed by atoms with van der Waals surface area (Å²) >= 11 is 0. The van der Waals surface area contributed by atoms with Gasteiger partial charge in [-0.25, -0.2) is 0 Å². The molecule has 1 N–H and O–H groups in total. The van der Waals surface area contributed by atoms with Crippen molar-refractivity contribution in [2.75, 3.05) is 0 Å². The molecule has 4 nitrogen and oxygen atoms in total. The van der Waals surface area contributed by atoms with Gasteiger partial charge in [0.1, 0.15) is 0 Å². The van der Waals surface area contributed by atoms with E-state index < -0.39 is 30.0 Å². The zero-order valence-corrected chi connectivity index (χ0v) is 10.2. The molecule has 0 saturated heterocycles. The number of alkyl halides is 6. The van der Waals surface area contributed by atoms with Crippen LogP contribution in [0.1, 0.15) is 0 Å². The van der Waals surface area contributed by atoms with Crippen molar-refractivity contribution >= 4 is 5.78 Å². The fourth-order valence-corrected chi connectivity index (χ4v) is 0.288. The van der Waals surface area contributed by atoms with Gasteiger partial charge in [-0.1, -0.05) is 0 Å². The summed E-state index contributed by atoms with van der Waals surface area (Å²) in [5, 5.41) is 7.93. The number of carbonyl (C=O) groups excluding carboxylic acids is 1. The number of rotatable bonds is 1. The van der Waals surface area contributed by atoms with Crippen LogP contribution in [0.15, 0.2) is 11.8 Å². The minimum absolute atomic E-state index is 0. The molecule has 0 aliphatic heterocycles. The Morgan fingerprint density at radius 1 is 0.944 bits per heavy atom. The Bertz CT molecular complexity index is 307. The van der Waals surface area contributed by atoms with E-state index in [1.165, 1.54) is 0 Å². The first-order valence-electron chi connectivity index (χ1n) is 3.05. The molecule has 0 aliphatic carbocycles. The van der Waals surface area contributed by atoms with Crippen LogP contribution in [0.2, 0.25) is 0 Å². The van der Waals surface area contributed by atoms with Gasteiger partial charge in [-0.3, -0.25) is 4.79 Å². The second-order valence-electron chi connectivity index (χ2n) is 1.89. The molecule has 0 aromatic rings. The predicted molar refractivity (Wildman–Crippen MR) is 35.7 cm³/mol. The molecule has 0 amide bonds. The summed E-state index contributed by atoms with van der Waals surface area (Å²) in [4.78, 5) is 9.86. The van der Waals surface area contributed by atoms with E-state index in [1.54, 1.807) is 0 Å². The summed E-state index contributed by atoms with van der Waals surface area (Å²) in [5.41, 5.74) is 0. The van der Waals surface area contributed by atoms with Gasteiger partial charge in [0, 0.05) is 26.2 Å². The number of carbonyl (C=O) groups is 1. The minimum Gasteiger partial charge on any atom is 0 e. The van der Waals surface area contributed by atoms with Crippen molar-refractivity contribution in [2.45, 2.75) is 12.4 Å². The topological polar surface area (TPSA) is 77.1 Å². The molecule has 0 saturated carbocycles. The number of ketones is 1. The normalized spacial score (nSPS) is 10.7. The molecule has 11 heteroatoms. The van der Waals surface area contributed by atoms with Gasteiger partial charge in [-0.15, -0.1) is 0 Å². The van der Waals surface area contributed by atoms with Gasteiger partial charge in [0.25, 0.3) is 5.78 Å². The molecular weight excluding hydrogens is 454 g/mol. The molecule has 0 heterocycles. The van der Waals surface area contributed by atoms with E-state index in [0.29, 0.717) is 0 Å². The Morgan fingerprint density at radius 3 is 1.39 bits per heavy atom. The number of hydrogen-bond acceptors (Lipinski definition) is 2. The van der Waals surface area contributed by atoms with Crippen molar-refractivity contribution in [3.8, 4) is 0 Å². The van der Waals surface area contributed by atoms with Crippen LogP contribution in [0.5, 0.6) is 0 Å². The number of aliphatic hydroxyl groups is 1. The summed E-state index contributed by atoms with van der Waals surface area (Å²) in [7, 11) is 0. The smallest absolute Gasteiger partial charge is 0 e. The molecule has 0 aromatic carbocycles. The van der Waals surface area contributed by atoms with Crippen LogP contribution in [0, 0.1) is 13.3 Å². The van der Waals surface area contributed by atoms with E-state index in [-0.39, 0.29) is 20.1 Å². The molecular formula is C7H2F6IrO4. The molecule has 105 valence electrons. The molecule has 1 radical (unpaired) electrons. The molecule has 0 atom stereocenters. The Hall–Kier alpha value is -1.08. The van der Waals surface area contributed by atoms with Gasteiger partial charge >= 0.3 is 35.0 Å². The van der Waals surface area contributed by atoms with E-state index in [1.807, 2.05) is 0 Å². The summed E-state index contributed by atoms with van der Waals surface area (Å²) in [6, 6.07) is 0. The SMILES string of the molecule is O=C(/C=C(\O)C(F)(F)F)C(F)(F)F.[C-]#[O+].[C-]#[O+].[Ir]. The maximum Gasteiger partial charge on any atom is 0 e. The van der Waals surface area contributed by atoms with Gasteiger partial charge < -0.3 is 5.11 Å². The van der Waals surface area contributed by atoms with Crippen LogP contribution >= 0.6 is 0 Å². The Labute approximate surface area is 109 Å². The second kappa shape index (κ2) is 11.0. The minimum atomic E-state index is -5.42. The average molecular weight is 456 g/mol. The molecule has 0 unspecified atom stereocenters. The first kappa shape index (κ1) is 25.7. The quantitative estimate of drug-likeness (QED) is 0.216. The fourth-order valence-electron chi connectivity index (χ4n) is 0.288. The largest absolute Gasteiger partial charge is 0 e. The molecule has 0 aromatic heterocycles. The number of allylic oxidation sites excluding steroid dienone is 2. The van der Waals surface area contributed by atoms with Gasteiger partial charge in [0.05, 0.1) is 0 Å². The van der Waals surface area contributed by atoms with E-state index >= 15 is 0 Å². The monoisotopic (exact) mass is 457 g/mol. The number of aliphatic hydroxyl groups excluding tert-OH is 1. The maximum atomic E-state index is 11.4. The zero-order chi connectivity index (χ0) is 14.9. The number of halogens is 6. The van der Waals surface area contributed by atoms with Crippen molar-refractivity contribution < 1.29 is 65.7 Å². The van der Waals surface area contributed by atoms with E-state index in [0.717, 1.165) is 0 Å². The van der Waals surface area contributed by atoms with Crippen LogP contribution in [0.3, 0.4) is 0 Å². The summed E-state index contributed by atoms with van der Waals surface area (Å²) in [6.45, 7) is 9.00. The summed E-state index contributed by atoms with van der Waals surface area (Å²) in [5.74, 6) is -5.34. The first-order valence-corrected chi connectivity index (χ1v) is 3.05. The van der Waals surface area contributed by atoms with Crippen LogP contribution in [-0.2, 0) is 34.2 Å². The van der Waals surface area contributed by atoms with Gasteiger partial charge in [-0.2, -0.15) is 26.3 Å². The number of hydrogen-bond donors (Lipinski definition) is 1. The Morgan fingerprint density at radius 2 is 1.22 bits per heavy atom. The van der Waals surface area contributed by atoms with Crippen LogP contribution in [-0.4, -0.2) is 23.2 Å². The zero-order valence-electron chi connectivity index (χ0n) is 7.85. The third-order valence-electron chi connectivity index (χ3n) is 0.838. The molecule has 0 fully saturated rings. The van der Waals surface area contributed by atoms with E-state index in [2.05, 4.69) is 13.3 Å². The standard InChI is InChI=1S/C5H2F6O2.2CO.Ir/c6-4(7,8)2(12)1-3(13)5(9,10)11;2*1-2;/h1,12H;;;/b2-1-;;;. The van der Waals surface area contributed by atoms with Crippen LogP contribution in [0.4, 0.5) is 26.3 Å². The maximum absolute atomic E-state index is 11.4. The average Bonchev–Trinajstić information content (AvgIpc) is 2.21. The Kier molecular flexibility index (Phi) is 15.7. The summed E-state index contributed by atoms with van der Waals surface area (Å²) in [6.07, 6.45) is -11.7. The van der Waals surface area contributed by atoms with Crippen molar-refractivity contribution in [2.24, 2.45) is 0 Å². The Balaban J connectivity index is -0.000000177. The van der Waals surface area contributed by atoms with Crippen molar-refractivity contribution in [1.29, 1.82) is 0 Å². The molecule has 18 heavy (non-hydrogen) atoms. The van der Waals surface area contributed by atoms with Gasteiger partial charge in [-0.05, 0) is 0 Å². The third-order valence-corrected chi connectivity index (χ3v) is 0.838. The molecule has 0 spiro atoms. The van der Waals surface area contributed by atoms with Crippen molar-refractivity contribution in [3.63, 3.8) is 0 Å². The predicted octanol–water partition coefficient (Wildman–Crippen LogP) is 2.04. The molecule has 0 rings (SSSR count). The van der Waals surface area contributed by atoms with Gasteiger partial charge in [0.2, 0.25) is 5.76 Å². The van der Waals surface area contributed by atoms with Crippen molar-refractivity contribution in [3.05, 3.63) is 25.1 Å². The summed E-state index contributed by atoms with van der Waals surface area (Å²) < 4.78 is 83.1. The molecule has 0 aliphatic rings.